The molecule has 1 aliphatic heterocycles. The summed E-state index contributed by atoms with van der Waals surface area (Å²) in [6, 6.07) is 17.6. The van der Waals surface area contributed by atoms with Crippen LogP contribution in [0, 0.1) is 5.92 Å². The van der Waals surface area contributed by atoms with Crippen LogP contribution in [0.5, 0.6) is 0 Å². The summed E-state index contributed by atoms with van der Waals surface area (Å²) in [6.07, 6.45) is 9.52. The number of benzene rings is 2. The Bertz CT molecular complexity index is 996. The maximum Gasteiger partial charge on any atom is 0.338 e. The molecule has 4 atom stereocenters. The van der Waals surface area contributed by atoms with Gasteiger partial charge >= 0.3 is 5.97 Å². The van der Waals surface area contributed by atoms with Crippen molar-refractivity contribution in [2.24, 2.45) is 5.92 Å². The van der Waals surface area contributed by atoms with Crippen molar-refractivity contribution in [2.75, 3.05) is 19.7 Å². The molecule has 0 bridgehead atoms. The highest BCUT2D eigenvalue weighted by Crippen LogP contribution is 2.48. The lowest BCUT2D eigenvalue weighted by molar-refractivity contribution is 0.0524. The fourth-order valence-corrected chi connectivity index (χ4v) is 6.37. The van der Waals surface area contributed by atoms with Crippen molar-refractivity contribution in [3.8, 4) is 0 Å². The first-order valence-electron chi connectivity index (χ1n) is 11.9. The summed E-state index contributed by atoms with van der Waals surface area (Å²) >= 11 is 0. The van der Waals surface area contributed by atoms with Crippen LogP contribution in [0.4, 0.5) is 0 Å². The molecule has 0 N–H and O–H groups in total. The van der Waals surface area contributed by atoms with Gasteiger partial charge in [0, 0.05) is 18.0 Å². The van der Waals surface area contributed by atoms with Crippen LogP contribution >= 0.6 is 0 Å². The molecule has 5 rings (SSSR count). The van der Waals surface area contributed by atoms with Crippen LogP contribution in [0.3, 0.4) is 0 Å². The van der Waals surface area contributed by atoms with E-state index in [0.29, 0.717) is 24.5 Å². The van der Waals surface area contributed by atoms with E-state index >= 15 is 0 Å². The molecular formula is C28H33NO2. The molecule has 1 heterocycles. The van der Waals surface area contributed by atoms with Crippen LogP contribution in [0.15, 0.2) is 54.6 Å². The number of rotatable bonds is 4. The van der Waals surface area contributed by atoms with Gasteiger partial charge in [0.05, 0.1) is 12.2 Å². The summed E-state index contributed by atoms with van der Waals surface area (Å²) in [7, 11) is 0. The minimum atomic E-state index is -0.179. The van der Waals surface area contributed by atoms with Crippen LogP contribution in [-0.4, -0.2) is 36.6 Å². The third-order valence-corrected chi connectivity index (χ3v) is 8.04. The zero-order valence-electron chi connectivity index (χ0n) is 18.7. The van der Waals surface area contributed by atoms with Gasteiger partial charge in [0.2, 0.25) is 0 Å². The molecule has 2 fully saturated rings. The number of nitrogens with zero attached hydrogens (tertiary/aromatic N) is 1. The Morgan fingerprint density at radius 1 is 1.13 bits per heavy atom. The minimum absolute atomic E-state index is 0.179. The van der Waals surface area contributed by atoms with Gasteiger partial charge in [0.1, 0.15) is 0 Å². The zero-order valence-corrected chi connectivity index (χ0v) is 18.7. The fraction of sp³-hybridized carbons (Fsp3) is 0.464. The molecule has 162 valence electrons. The number of esters is 1. The minimum Gasteiger partial charge on any atom is -0.462 e. The Hall–Kier alpha value is -2.39. The summed E-state index contributed by atoms with van der Waals surface area (Å²) in [5.41, 5.74) is 5.07. The molecule has 0 radical (unpaired) electrons. The Balaban J connectivity index is 1.29. The van der Waals surface area contributed by atoms with E-state index in [1.807, 2.05) is 19.1 Å². The van der Waals surface area contributed by atoms with Crippen LogP contribution in [-0.2, 0) is 10.2 Å². The van der Waals surface area contributed by atoms with Crippen LogP contribution < -0.4 is 0 Å². The van der Waals surface area contributed by atoms with Gasteiger partial charge in [-0.3, -0.25) is 0 Å². The van der Waals surface area contributed by atoms with Gasteiger partial charge in [-0.05, 0) is 73.7 Å². The van der Waals surface area contributed by atoms with Crippen molar-refractivity contribution in [1.29, 1.82) is 0 Å². The van der Waals surface area contributed by atoms with Crippen LogP contribution in [0.1, 0.15) is 72.5 Å². The molecule has 1 saturated carbocycles. The van der Waals surface area contributed by atoms with Gasteiger partial charge < -0.3 is 9.64 Å². The number of likely N-dealkylation sites (tertiary alicyclic amines) is 1. The molecule has 3 unspecified atom stereocenters. The Labute approximate surface area is 186 Å². The van der Waals surface area contributed by atoms with Gasteiger partial charge in [-0.1, -0.05) is 61.5 Å². The summed E-state index contributed by atoms with van der Waals surface area (Å²) in [6.45, 7) is 7.02. The molecule has 0 aromatic heterocycles. The molecule has 1 saturated heterocycles. The topological polar surface area (TPSA) is 29.5 Å². The standard InChI is InChI=1S/C28H33NO2/c1-3-31-27(30)25-10-6-5-9-24(25)22-12-13-23(18-22)29-17-16-28(20(2)19-29)15-14-21-8-4-7-11-26(21)28/h4-11,14-15,20,22-23H,3,12-13,16-19H2,1-2H3/t20-,22?,23?,28?/m0/s1. The first-order chi connectivity index (χ1) is 15.1. The van der Waals surface area contributed by atoms with E-state index in [1.165, 1.54) is 29.5 Å². The van der Waals surface area contributed by atoms with Crippen LogP contribution in [0.2, 0.25) is 0 Å². The maximum atomic E-state index is 12.5. The average Bonchev–Trinajstić information content (AvgIpc) is 3.43. The second-order valence-electron chi connectivity index (χ2n) is 9.58. The first kappa shape index (κ1) is 20.5. The third-order valence-electron chi connectivity index (χ3n) is 8.04. The van der Waals surface area contributed by atoms with Gasteiger partial charge in [-0.2, -0.15) is 0 Å². The molecule has 2 aromatic carbocycles. The van der Waals surface area contributed by atoms with Gasteiger partial charge in [-0.15, -0.1) is 0 Å². The van der Waals surface area contributed by atoms with E-state index in [4.69, 9.17) is 4.74 Å². The van der Waals surface area contributed by atoms with E-state index in [1.54, 1.807) is 0 Å². The molecule has 3 aliphatic rings. The molecule has 2 aliphatic carbocycles. The number of carbonyl (C=O) groups excluding carboxylic acids is 1. The normalized spacial score (nSPS) is 29.9. The van der Waals surface area contributed by atoms with E-state index in [2.05, 4.69) is 60.4 Å². The van der Waals surface area contributed by atoms with Crippen LogP contribution in [0.25, 0.3) is 6.08 Å². The highest BCUT2D eigenvalue weighted by molar-refractivity contribution is 5.91. The lowest BCUT2D eigenvalue weighted by Crippen LogP contribution is -2.50. The number of carbonyl (C=O) groups is 1. The van der Waals surface area contributed by atoms with Gasteiger partial charge in [0.25, 0.3) is 0 Å². The number of hydrogen-bond acceptors (Lipinski definition) is 3. The highest BCUT2D eigenvalue weighted by atomic mass is 16.5. The number of allylic oxidation sites excluding steroid dienone is 1. The van der Waals surface area contributed by atoms with Crippen molar-refractivity contribution in [3.63, 3.8) is 0 Å². The number of ether oxygens (including phenoxy) is 1. The predicted octanol–water partition coefficient (Wildman–Crippen LogP) is 5.81. The summed E-state index contributed by atoms with van der Waals surface area (Å²) in [4.78, 5) is 15.2. The molecular weight excluding hydrogens is 382 g/mol. The lowest BCUT2D eigenvalue weighted by atomic mass is 9.68. The van der Waals surface area contributed by atoms with Crippen molar-refractivity contribution in [3.05, 3.63) is 76.9 Å². The van der Waals surface area contributed by atoms with Gasteiger partial charge in [0.15, 0.2) is 0 Å². The predicted molar refractivity (Wildman–Crippen MR) is 125 cm³/mol. The number of fused-ring (bicyclic) bond motifs is 2. The second-order valence-corrected chi connectivity index (χ2v) is 9.58. The van der Waals surface area contributed by atoms with Crippen molar-refractivity contribution in [1.82, 2.24) is 4.90 Å². The molecule has 31 heavy (non-hydrogen) atoms. The number of piperidine rings is 1. The quantitative estimate of drug-likeness (QED) is 0.591. The monoisotopic (exact) mass is 415 g/mol. The van der Waals surface area contributed by atoms with E-state index in [0.717, 1.165) is 31.5 Å². The molecule has 0 amide bonds. The largest absolute Gasteiger partial charge is 0.462 e. The summed E-state index contributed by atoms with van der Waals surface area (Å²) < 4.78 is 5.31. The lowest BCUT2D eigenvalue weighted by Gasteiger charge is -2.46. The maximum absolute atomic E-state index is 12.5. The average molecular weight is 416 g/mol. The summed E-state index contributed by atoms with van der Waals surface area (Å²) in [5, 5.41) is 0. The summed E-state index contributed by atoms with van der Waals surface area (Å²) in [5.74, 6) is 0.873. The fourth-order valence-electron chi connectivity index (χ4n) is 6.37. The SMILES string of the molecule is CCOC(=O)c1ccccc1C1CCC(N2CCC3(C=Cc4ccccc43)[C@@H](C)C2)C1. The van der Waals surface area contributed by atoms with Gasteiger partial charge in [-0.25, -0.2) is 4.79 Å². The highest BCUT2D eigenvalue weighted by Gasteiger charge is 2.45. The van der Waals surface area contributed by atoms with E-state index in [-0.39, 0.29) is 11.4 Å². The smallest absolute Gasteiger partial charge is 0.338 e. The molecule has 3 nitrogen and oxygen atoms in total. The Kier molecular flexibility index (Phi) is 5.47. The van der Waals surface area contributed by atoms with Crippen molar-refractivity contribution < 1.29 is 9.53 Å². The van der Waals surface area contributed by atoms with E-state index in [9.17, 15) is 4.79 Å². The first-order valence-corrected chi connectivity index (χ1v) is 11.9. The zero-order chi connectivity index (χ0) is 21.4. The molecule has 2 aromatic rings. The second kappa shape index (κ2) is 8.27. The number of hydrogen-bond donors (Lipinski definition) is 0. The van der Waals surface area contributed by atoms with Crippen molar-refractivity contribution in [2.45, 2.75) is 56.9 Å². The molecule has 3 heteroatoms. The third kappa shape index (κ3) is 3.53. The Morgan fingerprint density at radius 3 is 2.77 bits per heavy atom. The van der Waals surface area contributed by atoms with E-state index < -0.39 is 0 Å². The molecule has 1 spiro atoms. The Morgan fingerprint density at radius 2 is 1.94 bits per heavy atom. The van der Waals surface area contributed by atoms with Crippen molar-refractivity contribution >= 4 is 12.0 Å².